The van der Waals surface area contributed by atoms with Gasteiger partial charge in [0.05, 0.1) is 11.1 Å². The maximum absolute atomic E-state index is 13.8. The van der Waals surface area contributed by atoms with E-state index in [9.17, 15) is 24.0 Å². The van der Waals surface area contributed by atoms with E-state index < -0.39 is 47.2 Å². The van der Waals surface area contributed by atoms with Gasteiger partial charge in [-0.05, 0) is 54.9 Å². The molecule has 2 heterocycles. The number of anilines is 1. The number of aromatic nitrogens is 1. The molecule has 3 rings (SSSR count). The molecule has 2 aromatic rings. The average Bonchev–Trinajstić information content (AvgIpc) is 3.52. The second kappa shape index (κ2) is 14.6. The summed E-state index contributed by atoms with van der Waals surface area (Å²) in [6.07, 6.45) is 1.28. The van der Waals surface area contributed by atoms with Crippen LogP contribution in [0.3, 0.4) is 0 Å². The van der Waals surface area contributed by atoms with Gasteiger partial charge in [-0.1, -0.05) is 46.8 Å². The third kappa shape index (κ3) is 8.90. The van der Waals surface area contributed by atoms with E-state index in [1.165, 1.54) is 18.3 Å². The maximum Gasteiger partial charge on any atom is 0.324 e. The third-order valence-corrected chi connectivity index (χ3v) is 7.59. The number of thiocarbonyl (C=S) groups is 1. The number of imide groups is 2. The molecule has 13 heteroatoms. The Balaban J connectivity index is 1.76. The zero-order chi connectivity index (χ0) is 31.9. The van der Waals surface area contributed by atoms with Crippen LogP contribution in [0.2, 0.25) is 0 Å². The van der Waals surface area contributed by atoms with Crippen molar-refractivity contribution in [1.82, 2.24) is 20.1 Å². The van der Waals surface area contributed by atoms with Crippen molar-refractivity contribution in [1.29, 1.82) is 0 Å². The van der Waals surface area contributed by atoms with Gasteiger partial charge in [0, 0.05) is 31.6 Å². The predicted molar refractivity (Wildman–Crippen MR) is 168 cm³/mol. The molecule has 0 unspecified atom stereocenters. The highest BCUT2D eigenvalue weighted by Gasteiger charge is 2.38. The Morgan fingerprint density at radius 1 is 1.09 bits per heavy atom. The lowest BCUT2D eigenvalue weighted by atomic mass is 9.86. The normalized spacial score (nSPS) is 14.3. The molecule has 2 N–H and O–H groups in total. The number of thiazole rings is 1. The standard InChI is InChI=1S/C30H39N5O6S2/c1-18(2)13-16-35(29(40)32-23(30(4,5)6)24(36)33-28-31-14-17-43-28)27(39)22(41-19(3)42)12-9-15-34-25(37)20-10-7-8-11-21(20)26(34)38/h7-8,10-11,14,17-18,22-23H,9,12-13,15-16H2,1-6H3,(H,32,40)(H,31,33,36)/t22-,23+/m0/s1. The van der Waals surface area contributed by atoms with E-state index in [0.29, 0.717) is 22.7 Å². The molecule has 43 heavy (non-hydrogen) atoms. The summed E-state index contributed by atoms with van der Waals surface area (Å²) < 4.78 is 5.71. The first-order chi connectivity index (χ1) is 20.2. The van der Waals surface area contributed by atoms with Crippen molar-refractivity contribution in [2.45, 2.75) is 73.0 Å². The summed E-state index contributed by atoms with van der Waals surface area (Å²) in [7, 11) is 0. The number of hydrogen-bond donors (Lipinski definition) is 2. The summed E-state index contributed by atoms with van der Waals surface area (Å²) in [4.78, 5) is 72.5. The van der Waals surface area contributed by atoms with Gasteiger partial charge in [-0.15, -0.1) is 11.3 Å². The molecule has 1 aromatic carbocycles. The van der Waals surface area contributed by atoms with Crippen LogP contribution < -0.4 is 10.6 Å². The van der Waals surface area contributed by atoms with E-state index in [1.54, 1.807) is 56.6 Å². The number of nitrogens with one attached hydrogen (secondary N) is 2. The van der Waals surface area contributed by atoms with Crippen molar-refractivity contribution >= 4 is 63.4 Å². The monoisotopic (exact) mass is 629 g/mol. The van der Waals surface area contributed by atoms with Gasteiger partial charge < -0.3 is 15.4 Å². The molecule has 1 aliphatic heterocycles. The fourth-order valence-corrected chi connectivity index (χ4v) is 5.17. The summed E-state index contributed by atoms with van der Waals surface area (Å²) in [5.74, 6) is -1.70. The van der Waals surface area contributed by atoms with E-state index in [0.717, 1.165) is 9.80 Å². The molecule has 6 amide bonds. The topological polar surface area (TPSA) is 138 Å². The van der Waals surface area contributed by atoms with Gasteiger partial charge in [0.15, 0.2) is 16.3 Å². The number of rotatable bonds is 12. The van der Waals surface area contributed by atoms with Crippen LogP contribution in [0.4, 0.5) is 9.93 Å². The van der Waals surface area contributed by atoms with Gasteiger partial charge in [-0.3, -0.25) is 29.0 Å². The van der Waals surface area contributed by atoms with Crippen molar-refractivity contribution in [3.05, 3.63) is 47.0 Å². The van der Waals surface area contributed by atoms with Gasteiger partial charge >= 0.3 is 6.03 Å². The van der Waals surface area contributed by atoms with Crippen LogP contribution >= 0.6 is 23.6 Å². The fraction of sp³-hybridized carbons (Fsp3) is 0.500. The molecule has 0 saturated heterocycles. The lowest BCUT2D eigenvalue weighted by Crippen LogP contribution is -2.57. The highest BCUT2D eigenvalue weighted by atomic mass is 32.1. The molecule has 2 atom stereocenters. The Bertz CT molecular complexity index is 1320. The highest BCUT2D eigenvalue weighted by molar-refractivity contribution is 7.80. The fourth-order valence-electron chi connectivity index (χ4n) is 4.52. The lowest BCUT2D eigenvalue weighted by molar-refractivity contribution is -0.137. The zero-order valence-electron chi connectivity index (χ0n) is 25.3. The minimum atomic E-state index is -1.14. The van der Waals surface area contributed by atoms with E-state index in [1.807, 2.05) is 13.8 Å². The number of urea groups is 1. The van der Waals surface area contributed by atoms with Crippen LogP contribution in [0.5, 0.6) is 0 Å². The number of ether oxygens (including phenoxy) is 1. The Morgan fingerprint density at radius 2 is 1.72 bits per heavy atom. The van der Waals surface area contributed by atoms with Crippen molar-refractivity contribution < 1.29 is 28.7 Å². The van der Waals surface area contributed by atoms with Crippen molar-refractivity contribution in [3.8, 4) is 0 Å². The van der Waals surface area contributed by atoms with Crippen LogP contribution in [-0.2, 0) is 14.3 Å². The third-order valence-electron chi connectivity index (χ3n) is 6.81. The molecular formula is C30H39N5O6S2. The summed E-state index contributed by atoms with van der Waals surface area (Å²) >= 11 is 6.38. The molecule has 0 radical (unpaired) electrons. The van der Waals surface area contributed by atoms with Gasteiger partial charge in [-0.25, -0.2) is 9.78 Å². The van der Waals surface area contributed by atoms with Crippen LogP contribution in [0, 0.1) is 11.3 Å². The minimum Gasteiger partial charge on any atom is -0.474 e. The number of carbonyl (C=O) groups excluding carboxylic acids is 5. The Morgan fingerprint density at radius 3 is 2.23 bits per heavy atom. The first kappa shape index (κ1) is 33.8. The Labute approximate surface area is 261 Å². The second-order valence-electron chi connectivity index (χ2n) is 11.8. The SMILES string of the molecule is CC(=S)O[C@@H](CCCN1C(=O)c2ccccc2C1=O)C(=O)N(CCC(C)C)C(=O)N[C@H](C(=O)Nc1nccs1)C(C)(C)C. The maximum atomic E-state index is 13.8. The number of amides is 6. The van der Waals surface area contributed by atoms with Crippen molar-refractivity contribution in [2.75, 3.05) is 18.4 Å². The Hall–Kier alpha value is -3.71. The molecule has 1 aromatic heterocycles. The van der Waals surface area contributed by atoms with Crippen molar-refractivity contribution in [3.63, 3.8) is 0 Å². The molecule has 232 valence electrons. The first-order valence-corrected chi connectivity index (χ1v) is 15.4. The zero-order valence-corrected chi connectivity index (χ0v) is 27.0. The van der Waals surface area contributed by atoms with E-state index in [-0.39, 0.29) is 36.9 Å². The molecule has 1 aliphatic rings. The van der Waals surface area contributed by atoms with Crippen LogP contribution in [0.25, 0.3) is 0 Å². The quantitative estimate of drug-likeness (QED) is 0.250. The van der Waals surface area contributed by atoms with Crippen LogP contribution in [0.15, 0.2) is 35.8 Å². The van der Waals surface area contributed by atoms with Gasteiger partial charge in [0.1, 0.15) is 6.04 Å². The van der Waals surface area contributed by atoms with E-state index in [4.69, 9.17) is 17.0 Å². The Kier molecular flexibility index (Phi) is 11.5. The summed E-state index contributed by atoms with van der Waals surface area (Å²) in [6.45, 7) is 11.0. The first-order valence-electron chi connectivity index (χ1n) is 14.1. The minimum absolute atomic E-state index is 0.0666. The lowest BCUT2D eigenvalue weighted by Gasteiger charge is -2.33. The largest absolute Gasteiger partial charge is 0.474 e. The van der Waals surface area contributed by atoms with Crippen LogP contribution in [0.1, 0.15) is 81.5 Å². The molecule has 0 fully saturated rings. The molecule has 0 aliphatic carbocycles. The summed E-state index contributed by atoms with van der Waals surface area (Å²) in [5.41, 5.74) is -0.0123. The number of benzene rings is 1. The van der Waals surface area contributed by atoms with Gasteiger partial charge in [0.2, 0.25) is 5.91 Å². The molecule has 0 bridgehead atoms. The number of fused-ring (bicyclic) bond motifs is 1. The highest BCUT2D eigenvalue weighted by Crippen LogP contribution is 2.24. The smallest absolute Gasteiger partial charge is 0.324 e. The summed E-state index contributed by atoms with van der Waals surface area (Å²) in [6, 6.07) is 4.88. The van der Waals surface area contributed by atoms with Crippen molar-refractivity contribution in [2.24, 2.45) is 11.3 Å². The van der Waals surface area contributed by atoms with Gasteiger partial charge in [-0.2, -0.15) is 0 Å². The molecule has 0 spiro atoms. The number of hydrogen-bond acceptors (Lipinski definition) is 9. The molecular weight excluding hydrogens is 590 g/mol. The predicted octanol–water partition coefficient (Wildman–Crippen LogP) is 4.89. The average molecular weight is 630 g/mol. The number of carbonyl (C=O) groups is 5. The van der Waals surface area contributed by atoms with Gasteiger partial charge in [0.25, 0.3) is 17.7 Å². The van der Waals surface area contributed by atoms with Crippen LogP contribution in [-0.4, -0.2) is 74.7 Å². The molecule has 0 saturated carbocycles. The number of nitrogens with zero attached hydrogens (tertiary/aromatic N) is 3. The second-order valence-corrected chi connectivity index (χ2v) is 13.3. The van der Waals surface area contributed by atoms with E-state index in [2.05, 4.69) is 15.6 Å². The molecule has 11 nitrogen and oxygen atoms in total. The summed E-state index contributed by atoms with van der Waals surface area (Å²) in [5, 5.41) is 7.69. The van der Waals surface area contributed by atoms with E-state index >= 15 is 0 Å².